The Hall–Kier alpha value is -2.09. The molecule has 2 atom stereocenters. The fourth-order valence-electron chi connectivity index (χ4n) is 4.21. The summed E-state index contributed by atoms with van der Waals surface area (Å²) in [5.74, 6) is 0.894. The van der Waals surface area contributed by atoms with Crippen LogP contribution >= 0.6 is 11.8 Å². The summed E-state index contributed by atoms with van der Waals surface area (Å²) in [4.78, 5) is 37.9. The number of rotatable bonds is 4. The summed E-state index contributed by atoms with van der Waals surface area (Å²) in [7, 11) is 0. The first-order chi connectivity index (χ1) is 14.2. The highest BCUT2D eigenvalue weighted by Gasteiger charge is 2.31. The molecule has 1 aliphatic carbocycles. The van der Waals surface area contributed by atoms with Crippen LogP contribution in [-0.4, -0.2) is 64.3 Å². The number of aromatic nitrogens is 1. The molecule has 1 aromatic heterocycles. The van der Waals surface area contributed by atoms with E-state index in [-0.39, 0.29) is 24.7 Å². The van der Waals surface area contributed by atoms with Crippen molar-refractivity contribution in [2.45, 2.75) is 56.2 Å². The highest BCUT2D eigenvalue weighted by atomic mass is 32.2. The van der Waals surface area contributed by atoms with E-state index >= 15 is 0 Å². The molecule has 0 aromatic carbocycles. The van der Waals surface area contributed by atoms with Crippen molar-refractivity contribution < 1.29 is 9.59 Å². The molecule has 1 saturated carbocycles. The third kappa shape index (κ3) is 5.29. The van der Waals surface area contributed by atoms with Crippen LogP contribution in [0.25, 0.3) is 0 Å². The average molecular weight is 416 g/mol. The Labute approximate surface area is 176 Å². The van der Waals surface area contributed by atoms with E-state index in [1.807, 2.05) is 23.1 Å². The molecule has 2 fully saturated rings. The van der Waals surface area contributed by atoms with Crippen LogP contribution in [0.3, 0.4) is 0 Å². The Morgan fingerprint density at radius 2 is 1.90 bits per heavy atom. The molecule has 0 unspecified atom stereocenters. The number of thioether (sulfide) groups is 1. The molecule has 29 heavy (non-hydrogen) atoms. The van der Waals surface area contributed by atoms with E-state index in [0.29, 0.717) is 24.4 Å². The van der Waals surface area contributed by atoms with Crippen molar-refractivity contribution in [1.82, 2.24) is 15.2 Å². The minimum Gasteiger partial charge on any atom is -0.353 e. The van der Waals surface area contributed by atoms with Gasteiger partial charge in [0.1, 0.15) is 5.82 Å². The Morgan fingerprint density at radius 3 is 2.69 bits per heavy atom. The van der Waals surface area contributed by atoms with Gasteiger partial charge in [-0.3, -0.25) is 14.6 Å². The Morgan fingerprint density at radius 1 is 1.07 bits per heavy atom. The number of hydrogen-bond acceptors (Lipinski definition) is 6. The van der Waals surface area contributed by atoms with Crippen molar-refractivity contribution in [3.05, 3.63) is 24.4 Å². The predicted octanol–water partition coefficient (Wildman–Crippen LogP) is 2.43. The zero-order valence-electron chi connectivity index (χ0n) is 16.8. The van der Waals surface area contributed by atoms with Crippen LogP contribution in [0.4, 0.5) is 5.82 Å². The Bertz CT molecular complexity index is 749. The molecule has 2 amide bonds. The van der Waals surface area contributed by atoms with Gasteiger partial charge in [0.15, 0.2) is 5.17 Å². The molecule has 8 heteroatoms. The maximum absolute atomic E-state index is 12.5. The van der Waals surface area contributed by atoms with Gasteiger partial charge in [-0.25, -0.2) is 4.98 Å². The van der Waals surface area contributed by atoms with Gasteiger partial charge in [-0.05, 0) is 25.0 Å². The number of amidine groups is 1. The predicted molar refractivity (Wildman–Crippen MR) is 116 cm³/mol. The van der Waals surface area contributed by atoms with Gasteiger partial charge in [0.2, 0.25) is 11.8 Å². The van der Waals surface area contributed by atoms with Gasteiger partial charge in [-0.2, -0.15) is 0 Å². The van der Waals surface area contributed by atoms with E-state index in [1.165, 1.54) is 25.7 Å². The van der Waals surface area contributed by atoms with Crippen molar-refractivity contribution in [1.29, 1.82) is 0 Å². The van der Waals surface area contributed by atoms with E-state index in [0.717, 1.165) is 30.5 Å². The third-order valence-corrected chi connectivity index (χ3v) is 7.17. The molecule has 1 N–H and O–H groups in total. The summed E-state index contributed by atoms with van der Waals surface area (Å²) in [6, 6.07) is 6.22. The first-order valence-electron chi connectivity index (χ1n) is 10.7. The Kier molecular flexibility index (Phi) is 6.69. The summed E-state index contributed by atoms with van der Waals surface area (Å²) >= 11 is 1.71. The smallest absolute Gasteiger partial charge is 0.226 e. The molecule has 1 saturated heterocycles. The summed E-state index contributed by atoms with van der Waals surface area (Å²) in [5.41, 5.74) is 0. The topological polar surface area (TPSA) is 77.9 Å². The zero-order valence-corrected chi connectivity index (χ0v) is 17.6. The lowest BCUT2D eigenvalue weighted by molar-refractivity contribution is -0.133. The quantitative estimate of drug-likeness (QED) is 0.817. The second-order valence-electron chi connectivity index (χ2n) is 7.90. The number of anilines is 1. The molecule has 7 nitrogen and oxygen atoms in total. The van der Waals surface area contributed by atoms with Crippen molar-refractivity contribution in [2.24, 2.45) is 4.99 Å². The van der Waals surface area contributed by atoms with Gasteiger partial charge in [0, 0.05) is 50.5 Å². The number of piperazine rings is 1. The first-order valence-corrected chi connectivity index (χ1v) is 11.5. The molecular formula is C21H29N5O2S. The molecule has 3 heterocycles. The van der Waals surface area contributed by atoms with Crippen molar-refractivity contribution >= 4 is 34.6 Å². The van der Waals surface area contributed by atoms with Crippen LogP contribution in [0.2, 0.25) is 0 Å². The van der Waals surface area contributed by atoms with Crippen LogP contribution in [-0.2, 0) is 9.59 Å². The Balaban J connectivity index is 1.18. The van der Waals surface area contributed by atoms with Crippen molar-refractivity contribution in [3.63, 3.8) is 0 Å². The number of carbonyl (C=O) groups excluding carboxylic acids is 2. The molecule has 2 aliphatic heterocycles. The van der Waals surface area contributed by atoms with Gasteiger partial charge >= 0.3 is 0 Å². The van der Waals surface area contributed by atoms with E-state index in [4.69, 9.17) is 4.99 Å². The minimum atomic E-state index is -0.104. The number of amides is 2. The lowest BCUT2D eigenvalue weighted by atomic mass is 10.1. The molecule has 0 bridgehead atoms. The second kappa shape index (κ2) is 9.61. The monoisotopic (exact) mass is 415 g/mol. The van der Waals surface area contributed by atoms with E-state index < -0.39 is 0 Å². The summed E-state index contributed by atoms with van der Waals surface area (Å²) in [5, 5.41) is 4.20. The molecule has 3 aliphatic rings. The standard InChI is InChI=1S/C21H29N5O2S/c27-19(24-21-23-16-6-2-1-3-7-17(16)29-21)9-10-20(28)26-14-12-25(13-15-26)18-8-4-5-11-22-18/h4-5,8,11,16-17H,1-3,6-7,9-10,12-15H2,(H,23,24,27)/t16-,17-/m1/s1. The summed E-state index contributed by atoms with van der Waals surface area (Å²) in [6.07, 6.45) is 8.34. The van der Waals surface area contributed by atoms with Gasteiger partial charge in [0.25, 0.3) is 0 Å². The van der Waals surface area contributed by atoms with Crippen molar-refractivity contribution in [3.8, 4) is 0 Å². The van der Waals surface area contributed by atoms with Crippen LogP contribution in [0, 0.1) is 0 Å². The largest absolute Gasteiger partial charge is 0.353 e. The van der Waals surface area contributed by atoms with Crippen LogP contribution in [0.1, 0.15) is 44.9 Å². The first kappa shape index (κ1) is 20.2. The van der Waals surface area contributed by atoms with Gasteiger partial charge in [-0.1, -0.05) is 37.1 Å². The summed E-state index contributed by atoms with van der Waals surface area (Å²) < 4.78 is 0. The number of hydrogen-bond donors (Lipinski definition) is 1. The number of pyridine rings is 1. The number of fused-ring (bicyclic) bond motifs is 1. The lowest BCUT2D eigenvalue weighted by Crippen LogP contribution is -2.49. The normalized spacial score (nSPS) is 24.5. The maximum Gasteiger partial charge on any atom is 0.226 e. The van der Waals surface area contributed by atoms with Gasteiger partial charge in [0.05, 0.1) is 6.04 Å². The maximum atomic E-state index is 12.5. The molecular weight excluding hydrogens is 386 g/mol. The number of nitrogens with zero attached hydrogens (tertiary/aromatic N) is 4. The molecule has 156 valence electrons. The zero-order chi connectivity index (χ0) is 20.1. The lowest BCUT2D eigenvalue weighted by Gasteiger charge is -2.35. The fraction of sp³-hybridized carbons (Fsp3) is 0.619. The highest BCUT2D eigenvalue weighted by Crippen LogP contribution is 2.35. The van der Waals surface area contributed by atoms with E-state index in [1.54, 1.807) is 18.0 Å². The van der Waals surface area contributed by atoms with E-state index in [2.05, 4.69) is 15.2 Å². The molecule has 4 rings (SSSR count). The number of carbonyl (C=O) groups is 2. The molecule has 1 aromatic rings. The average Bonchev–Trinajstić information content (AvgIpc) is 3.00. The SMILES string of the molecule is O=C(CCC(=O)N1CCN(c2ccccn2)CC1)NC1=N[C@@H]2CCCCC[C@H]2S1. The van der Waals surface area contributed by atoms with Gasteiger partial charge < -0.3 is 15.1 Å². The summed E-state index contributed by atoms with van der Waals surface area (Å²) in [6.45, 7) is 2.88. The number of nitrogens with one attached hydrogen (secondary N) is 1. The van der Waals surface area contributed by atoms with Crippen LogP contribution in [0.15, 0.2) is 29.4 Å². The number of aliphatic imine (C=N–C) groups is 1. The van der Waals surface area contributed by atoms with Gasteiger partial charge in [-0.15, -0.1) is 0 Å². The molecule has 0 radical (unpaired) electrons. The van der Waals surface area contributed by atoms with Crippen molar-refractivity contribution in [2.75, 3.05) is 31.1 Å². The van der Waals surface area contributed by atoms with E-state index in [9.17, 15) is 9.59 Å². The van der Waals surface area contributed by atoms with Crippen LogP contribution < -0.4 is 10.2 Å². The fourth-order valence-corrected chi connectivity index (χ4v) is 5.51. The van der Waals surface area contributed by atoms with Crippen LogP contribution in [0.5, 0.6) is 0 Å². The second-order valence-corrected chi connectivity index (χ2v) is 9.13. The minimum absolute atomic E-state index is 0.0481. The third-order valence-electron chi connectivity index (χ3n) is 5.88. The highest BCUT2D eigenvalue weighted by molar-refractivity contribution is 8.14. The molecule has 0 spiro atoms.